The van der Waals surface area contributed by atoms with Crippen LogP contribution in [0.5, 0.6) is 0 Å². The summed E-state index contributed by atoms with van der Waals surface area (Å²) in [5, 5.41) is 5.24. The molecular formula is C19H21N5OS. The van der Waals surface area contributed by atoms with E-state index in [0.29, 0.717) is 17.6 Å². The third-order valence-electron chi connectivity index (χ3n) is 4.69. The molecule has 1 amide bonds. The molecule has 134 valence electrons. The molecule has 1 saturated heterocycles. The number of pyridine rings is 1. The lowest BCUT2D eigenvalue weighted by molar-refractivity contribution is 0.0784. The van der Waals surface area contributed by atoms with Crippen LogP contribution in [0, 0.1) is 5.92 Å². The largest absolute Gasteiger partial charge is 0.346 e. The highest BCUT2D eigenvalue weighted by molar-refractivity contribution is 7.17. The van der Waals surface area contributed by atoms with E-state index in [9.17, 15) is 4.79 Å². The minimum Gasteiger partial charge on any atom is -0.346 e. The number of fused-ring (bicyclic) bond motifs is 1. The summed E-state index contributed by atoms with van der Waals surface area (Å²) in [7, 11) is 0. The van der Waals surface area contributed by atoms with Crippen LogP contribution < -0.4 is 5.32 Å². The molecule has 6 nitrogen and oxygen atoms in total. The van der Waals surface area contributed by atoms with Crippen LogP contribution in [-0.2, 0) is 0 Å². The zero-order chi connectivity index (χ0) is 18.1. The minimum atomic E-state index is -0.0537. The highest BCUT2D eigenvalue weighted by atomic mass is 32.1. The molecule has 3 aromatic heterocycles. The van der Waals surface area contributed by atoms with Gasteiger partial charge in [-0.2, -0.15) is 0 Å². The van der Waals surface area contributed by atoms with Gasteiger partial charge in [0.25, 0.3) is 5.91 Å². The van der Waals surface area contributed by atoms with Crippen LogP contribution in [0.3, 0.4) is 0 Å². The van der Waals surface area contributed by atoms with Crippen molar-refractivity contribution in [1.29, 1.82) is 0 Å². The van der Waals surface area contributed by atoms with Crippen LogP contribution in [0.1, 0.15) is 42.5 Å². The van der Waals surface area contributed by atoms with E-state index in [-0.39, 0.29) is 11.9 Å². The van der Waals surface area contributed by atoms with Gasteiger partial charge in [0.2, 0.25) is 5.95 Å². The Morgan fingerprint density at radius 2 is 2.23 bits per heavy atom. The molecule has 0 aliphatic carbocycles. The van der Waals surface area contributed by atoms with E-state index in [4.69, 9.17) is 0 Å². The molecule has 2 unspecified atom stereocenters. The smallest absolute Gasteiger partial charge is 0.274 e. The number of anilines is 1. The Labute approximate surface area is 156 Å². The first-order chi connectivity index (χ1) is 12.6. The van der Waals surface area contributed by atoms with E-state index < -0.39 is 0 Å². The van der Waals surface area contributed by atoms with Gasteiger partial charge in [0.05, 0.1) is 22.0 Å². The Hall–Kier alpha value is -2.54. The summed E-state index contributed by atoms with van der Waals surface area (Å²) >= 11 is 1.51. The van der Waals surface area contributed by atoms with Crippen molar-refractivity contribution >= 4 is 33.4 Å². The maximum Gasteiger partial charge on any atom is 0.274 e. The molecule has 0 radical (unpaired) electrons. The van der Waals surface area contributed by atoms with Crippen molar-refractivity contribution in [3.05, 3.63) is 47.2 Å². The molecule has 4 heterocycles. The van der Waals surface area contributed by atoms with Crippen molar-refractivity contribution in [3.8, 4) is 0 Å². The van der Waals surface area contributed by atoms with Gasteiger partial charge < -0.3 is 10.2 Å². The van der Waals surface area contributed by atoms with Crippen LogP contribution in [0.4, 0.5) is 5.95 Å². The molecular weight excluding hydrogens is 346 g/mol. The van der Waals surface area contributed by atoms with Crippen molar-refractivity contribution in [2.24, 2.45) is 5.92 Å². The molecule has 1 aliphatic heterocycles. The molecule has 2 atom stereocenters. The molecule has 0 saturated carbocycles. The first-order valence-corrected chi connectivity index (χ1v) is 9.72. The Kier molecular flexibility index (Phi) is 4.55. The minimum absolute atomic E-state index is 0.00209. The number of nitrogens with zero attached hydrogens (tertiary/aromatic N) is 4. The van der Waals surface area contributed by atoms with Crippen LogP contribution in [0.15, 0.2) is 35.8 Å². The van der Waals surface area contributed by atoms with Gasteiger partial charge in [-0.1, -0.05) is 13.0 Å². The fourth-order valence-corrected chi connectivity index (χ4v) is 4.05. The van der Waals surface area contributed by atoms with E-state index in [0.717, 1.165) is 35.4 Å². The molecule has 0 bridgehead atoms. The zero-order valence-electron chi connectivity index (χ0n) is 14.8. The van der Waals surface area contributed by atoms with E-state index in [2.05, 4.69) is 27.2 Å². The zero-order valence-corrected chi connectivity index (χ0v) is 15.7. The van der Waals surface area contributed by atoms with Gasteiger partial charge in [0, 0.05) is 19.3 Å². The summed E-state index contributed by atoms with van der Waals surface area (Å²) in [4.78, 5) is 28.4. The molecule has 1 N–H and O–H groups in total. The van der Waals surface area contributed by atoms with Gasteiger partial charge in [-0.15, -0.1) is 11.3 Å². The predicted molar refractivity (Wildman–Crippen MR) is 103 cm³/mol. The predicted octanol–water partition coefficient (Wildman–Crippen LogP) is 3.74. The fraction of sp³-hybridized carbons (Fsp3) is 0.368. The molecule has 3 aromatic rings. The summed E-state index contributed by atoms with van der Waals surface area (Å²) in [5.74, 6) is 1.00. The fourth-order valence-electron chi connectivity index (χ4n) is 3.24. The Morgan fingerprint density at radius 1 is 1.35 bits per heavy atom. The number of hydrogen-bond acceptors (Lipinski definition) is 6. The molecule has 1 fully saturated rings. The van der Waals surface area contributed by atoms with E-state index in [1.165, 1.54) is 11.3 Å². The van der Waals surface area contributed by atoms with Gasteiger partial charge in [-0.05, 0) is 42.8 Å². The maximum absolute atomic E-state index is 13.0. The van der Waals surface area contributed by atoms with Crippen molar-refractivity contribution in [3.63, 3.8) is 0 Å². The number of aromatic nitrogens is 3. The van der Waals surface area contributed by atoms with Crippen molar-refractivity contribution < 1.29 is 4.79 Å². The summed E-state index contributed by atoms with van der Waals surface area (Å²) in [6.07, 6.45) is 2.81. The number of likely N-dealkylation sites (tertiary alicyclic amines) is 1. The maximum atomic E-state index is 13.0. The van der Waals surface area contributed by atoms with E-state index in [1.807, 2.05) is 41.5 Å². The van der Waals surface area contributed by atoms with Crippen LogP contribution in [0.25, 0.3) is 10.2 Å². The van der Waals surface area contributed by atoms with Crippen LogP contribution in [0.2, 0.25) is 0 Å². The standard InChI is InChI=1S/C19H21N5OS/c1-12-6-9-24(11-12)18(25)16-17-15(7-10-26-17)22-19(23-16)21-13(2)14-5-3-4-8-20-14/h3-5,7-8,10,12-13H,6,9,11H2,1-2H3,(H,21,22,23). The Morgan fingerprint density at radius 3 is 2.96 bits per heavy atom. The molecule has 0 aromatic carbocycles. The normalized spacial score (nSPS) is 18.2. The van der Waals surface area contributed by atoms with Gasteiger partial charge in [-0.25, -0.2) is 9.97 Å². The van der Waals surface area contributed by atoms with Crippen LogP contribution in [-0.4, -0.2) is 38.8 Å². The van der Waals surface area contributed by atoms with Gasteiger partial charge in [0.1, 0.15) is 0 Å². The molecule has 26 heavy (non-hydrogen) atoms. The summed E-state index contributed by atoms with van der Waals surface area (Å²) in [6.45, 7) is 5.77. The third-order valence-corrected chi connectivity index (χ3v) is 5.60. The number of nitrogens with one attached hydrogen (secondary N) is 1. The quantitative estimate of drug-likeness (QED) is 0.760. The lowest BCUT2D eigenvalue weighted by Crippen LogP contribution is -2.29. The number of hydrogen-bond donors (Lipinski definition) is 1. The Bertz CT molecular complexity index is 926. The highest BCUT2D eigenvalue weighted by Crippen LogP contribution is 2.27. The Balaban J connectivity index is 1.65. The van der Waals surface area contributed by atoms with Gasteiger partial charge in [0.15, 0.2) is 5.69 Å². The number of carbonyl (C=O) groups excluding carboxylic acids is 1. The van der Waals surface area contributed by atoms with Crippen LogP contribution >= 0.6 is 11.3 Å². The summed E-state index contributed by atoms with van der Waals surface area (Å²) in [6, 6.07) is 7.67. The highest BCUT2D eigenvalue weighted by Gasteiger charge is 2.27. The molecule has 0 spiro atoms. The second kappa shape index (κ2) is 6.99. The first-order valence-electron chi connectivity index (χ1n) is 8.84. The van der Waals surface area contributed by atoms with E-state index in [1.54, 1.807) is 6.20 Å². The molecule has 4 rings (SSSR count). The lowest BCUT2D eigenvalue weighted by Gasteiger charge is -2.17. The molecule has 1 aliphatic rings. The lowest BCUT2D eigenvalue weighted by atomic mass is 10.2. The van der Waals surface area contributed by atoms with Crippen molar-refractivity contribution in [2.45, 2.75) is 26.3 Å². The average Bonchev–Trinajstić information content (AvgIpc) is 3.30. The number of carbonyl (C=O) groups is 1. The second-order valence-corrected chi connectivity index (χ2v) is 7.71. The third kappa shape index (κ3) is 3.26. The monoisotopic (exact) mass is 367 g/mol. The second-order valence-electron chi connectivity index (χ2n) is 6.80. The van der Waals surface area contributed by atoms with Gasteiger partial charge >= 0.3 is 0 Å². The summed E-state index contributed by atoms with van der Waals surface area (Å²) < 4.78 is 0.852. The average molecular weight is 367 g/mol. The van der Waals surface area contributed by atoms with E-state index >= 15 is 0 Å². The SMILES string of the molecule is CC1CCN(C(=O)c2nc(NC(C)c3ccccn3)nc3ccsc23)C1. The van der Waals surface area contributed by atoms with Gasteiger partial charge in [-0.3, -0.25) is 9.78 Å². The number of amides is 1. The number of rotatable bonds is 4. The van der Waals surface area contributed by atoms with Crippen molar-refractivity contribution in [2.75, 3.05) is 18.4 Å². The topological polar surface area (TPSA) is 71.0 Å². The number of thiophene rings is 1. The molecule has 7 heteroatoms. The first kappa shape index (κ1) is 16.9. The summed E-state index contributed by atoms with van der Waals surface area (Å²) in [5.41, 5.74) is 2.20. The van der Waals surface area contributed by atoms with Crippen molar-refractivity contribution in [1.82, 2.24) is 19.9 Å².